The molecule has 1 heterocycles. The lowest BCUT2D eigenvalue weighted by Gasteiger charge is -2.31. The molecule has 2 rings (SSSR count). The Labute approximate surface area is 195 Å². The average molecular weight is 541 g/mol. The highest BCUT2D eigenvalue weighted by molar-refractivity contribution is 14.0. The fraction of sp³-hybridized carbons (Fsp3) is 0.667. The number of benzene rings is 1. The van der Waals surface area contributed by atoms with E-state index < -0.39 is 12.7 Å². The van der Waals surface area contributed by atoms with Gasteiger partial charge in [0.05, 0.1) is 12.6 Å². The predicted molar refractivity (Wildman–Crippen MR) is 127 cm³/mol. The van der Waals surface area contributed by atoms with Crippen molar-refractivity contribution in [1.82, 2.24) is 20.4 Å². The third-order valence-corrected chi connectivity index (χ3v) is 5.45. The number of hydrogen-bond acceptors (Lipinski definition) is 3. The number of nitrogens with one attached hydrogen (secondary N) is 2. The smallest absolute Gasteiger partial charge is 0.356 e. The molecular formula is C21H35F3IN5. The molecule has 0 radical (unpaired) electrons. The fourth-order valence-corrected chi connectivity index (χ4v) is 3.93. The number of hydrogen-bond donors (Lipinski definition) is 2. The fourth-order valence-electron chi connectivity index (χ4n) is 3.93. The number of alkyl halides is 3. The lowest BCUT2D eigenvalue weighted by molar-refractivity contribution is -0.143. The van der Waals surface area contributed by atoms with E-state index in [9.17, 15) is 13.2 Å². The molecule has 0 saturated carbocycles. The quantitative estimate of drug-likeness (QED) is 0.284. The molecule has 5 nitrogen and oxygen atoms in total. The van der Waals surface area contributed by atoms with E-state index >= 15 is 0 Å². The molecule has 0 amide bonds. The van der Waals surface area contributed by atoms with E-state index in [1.54, 1.807) is 7.05 Å². The van der Waals surface area contributed by atoms with E-state index in [4.69, 9.17) is 0 Å². The highest BCUT2D eigenvalue weighted by atomic mass is 127. The maximum atomic E-state index is 12.6. The van der Waals surface area contributed by atoms with Crippen molar-refractivity contribution in [2.24, 2.45) is 10.9 Å². The molecule has 9 heteroatoms. The molecule has 2 unspecified atom stereocenters. The molecule has 172 valence electrons. The summed E-state index contributed by atoms with van der Waals surface area (Å²) in [4.78, 5) is 8.16. The van der Waals surface area contributed by atoms with Gasteiger partial charge in [-0.2, -0.15) is 13.2 Å². The van der Waals surface area contributed by atoms with Gasteiger partial charge in [-0.3, -0.25) is 14.8 Å². The minimum atomic E-state index is -4.13. The van der Waals surface area contributed by atoms with Crippen LogP contribution in [0.15, 0.2) is 35.3 Å². The maximum absolute atomic E-state index is 12.6. The first-order chi connectivity index (χ1) is 13.9. The highest BCUT2D eigenvalue weighted by Gasteiger charge is 2.34. The van der Waals surface area contributed by atoms with Gasteiger partial charge in [-0.1, -0.05) is 44.2 Å². The van der Waals surface area contributed by atoms with Gasteiger partial charge in [-0.15, -0.1) is 24.0 Å². The molecule has 1 aliphatic heterocycles. The van der Waals surface area contributed by atoms with Crippen molar-refractivity contribution in [1.29, 1.82) is 0 Å². The number of aliphatic imine (C=N–C) groups is 1. The van der Waals surface area contributed by atoms with Gasteiger partial charge in [0, 0.05) is 26.7 Å². The Morgan fingerprint density at radius 1 is 1.20 bits per heavy atom. The van der Waals surface area contributed by atoms with Crippen molar-refractivity contribution >= 4 is 29.9 Å². The Balaban J connectivity index is 0.00000450. The molecule has 30 heavy (non-hydrogen) atoms. The number of rotatable bonds is 9. The van der Waals surface area contributed by atoms with Gasteiger partial charge in [0.1, 0.15) is 0 Å². The number of nitrogens with zero attached hydrogens (tertiary/aromatic N) is 3. The van der Waals surface area contributed by atoms with Crippen LogP contribution in [0.1, 0.15) is 31.9 Å². The molecule has 2 atom stereocenters. The summed E-state index contributed by atoms with van der Waals surface area (Å²) < 4.78 is 37.7. The normalized spacial score (nSPS) is 18.9. The van der Waals surface area contributed by atoms with Gasteiger partial charge in [-0.25, -0.2) is 0 Å². The SMILES string of the molecule is CCN(CC)C(CNC(=NC)NCC1CCN(CC(F)(F)F)C1)c1ccccc1.I. The molecule has 0 bridgehead atoms. The third kappa shape index (κ3) is 8.97. The van der Waals surface area contributed by atoms with Crippen molar-refractivity contribution in [3.63, 3.8) is 0 Å². The van der Waals surface area contributed by atoms with Crippen molar-refractivity contribution < 1.29 is 13.2 Å². The predicted octanol–water partition coefficient (Wildman–Crippen LogP) is 3.74. The summed E-state index contributed by atoms with van der Waals surface area (Å²) in [6.45, 7) is 7.66. The standard InChI is InChI=1S/C21H34F3N5.HI/c1-4-29(5-2)19(18-9-7-6-8-10-18)14-27-20(25-3)26-13-17-11-12-28(15-17)16-21(22,23)24;/h6-10,17,19H,4-5,11-16H2,1-3H3,(H2,25,26,27);1H. The van der Waals surface area contributed by atoms with E-state index in [1.807, 2.05) is 18.2 Å². The second-order valence-electron chi connectivity index (χ2n) is 7.49. The van der Waals surface area contributed by atoms with Crippen LogP contribution in [0.2, 0.25) is 0 Å². The third-order valence-electron chi connectivity index (χ3n) is 5.45. The number of likely N-dealkylation sites (N-methyl/N-ethyl adjacent to an activating group) is 1. The molecule has 1 saturated heterocycles. The lowest BCUT2D eigenvalue weighted by Crippen LogP contribution is -2.44. The summed E-state index contributed by atoms with van der Waals surface area (Å²) in [5.41, 5.74) is 1.25. The van der Waals surface area contributed by atoms with Crippen LogP contribution in [0.3, 0.4) is 0 Å². The maximum Gasteiger partial charge on any atom is 0.401 e. The number of guanidine groups is 1. The van der Waals surface area contributed by atoms with E-state index in [-0.39, 0.29) is 35.9 Å². The molecule has 1 aromatic carbocycles. The molecule has 0 aliphatic carbocycles. The van der Waals surface area contributed by atoms with Gasteiger partial charge in [-0.05, 0) is 37.5 Å². The van der Waals surface area contributed by atoms with Crippen LogP contribution in [0.25, 0.3) is 0 Å². The Kier molecular flexibility index (Phi) is 12.0. The lowest BCUT2D eigenvalue weighted by atomic mass is 10.1. The first kappa shape index (κ1) is 27.0. The molecule has 1 fully saturated rings. The largest absolute Gasteiger partial charge is 0.401 e. The van der Waals surface area contributed by atoms with Gasteiger partial charge < -0.3 is 10.6 Å². The monoisotopic (exact) mass is 541 g/mol. The van der Waals surface area contributed by atoms with Crippen LogP contribution >= 0.6 is 24.0 Å². The summed E-state index contributed by atoms with van der Waals surface area (Å²) in [6, 6.07) is 10.6. The summed E-state index contributed by atoms with van der Waals surface area (Å²) in [7, 11) is 1.72. The van der Waals surface area contributed by atoms with Gasteiger partial charge in [0.15, 0.2) is 5.96 Å². The molecule has 2 N–H and O–H groups in total. The second-order valence-corrected chi connectivity index (χ2v) is 7.49. The van der Waals surface area contributed by atoms with E-state index in [2.05, 4.69) is 46.5 Å². The zero-order valence-electron chi connectivity index (χ0n) is 18.1. The minimum absolute atomic E-state index is 0. The Morgan fingerprint density at radius 2 is 1.87 bits per heavy atom. The second kappa shape index (κ2) is 13.4. The Bertz CT molecular complexity index is 623. The summed E-state index contributed by atoms with van der Waals surface area (Å²) in [6.07, 6.45) is -3.36. The molecular weight excluding hydrogens is 506 g/mol. The van der Waals surface area contributed by atoms with Gasteiger partial charge >= 0.3 is 6.18 Å². The zero-order valence-corrected chi connectivity index (χ0v) is 20.4. The van der Waals surface area contributed by atoms with E-state index in [0.29, 0.717) is 32.1 Å². The number of likely N-dealkylation sites (tertiary alicyclic amines) is 1. The topological polar surface area (TPSA) is 42.9 Å². The molecule has 1 aromatic rings. The van der Waals surface area contributed by atoms with Crippen LogP contribution in [0.4, 0.5) is 13.2 Å². The summed E-state index contributed by atoms with van der Waals surface area (Å²) >= 11 is 0. The average Bonchev–Trinajstić information content (AvgIpc) is 3.13. The van der Waals surface area contributed by atoms with Crippen LogP contribution in [0.5, 0.6) is 0 Å². The van der Waals surface area contributed by atoms with Gasteiger partial charge in [0.2, 0.25) is 0 Å². The molecule has 0 spiro atoms. The first-order valence-electron chi connectivity index (χ1n) is 10.4. The van der Waals surface area contributed by atoms with Crippen molar-refractivity contribution in [3.8, 4) is 0 Å². The van der Waals surface area contributed by atoms with Crippen molar-refractivity contribution in [3.05, 3.63) is 35.9 Å². The molecule has 1 aliphatic rings. The van der Waals surface area contributed by atoms with Crippen molar-refractivity contribution in [2.45, 2.75) is 32.5 Å². The van der Waals surface area contributed by atoms with Gasteiger partial charge in [0.25, 0.3) is 0 Å². The Hall–Kier alpha value is -1.07. The van der Waals surface area contributed by atoms with Crippen molar-refractivity contribution in [2.75, 3.05) is 52.9 Å². The minimum Gasteiger partial charge on any atom is -0.356 e. The van der Waals surface area contributed by atoms with E-state index in [1.165, 1.54) is 10.5 Å². The van der Waals surface area contributed by atoms with Crippen LogP contribution < -0.4 is 10.6 Å². The first-order valence-corrected chi connectivity index (χ1v) is 10.4. The van der Waals surface area contributed by atoms with Crippen LogP contribution in [-0.4, -0.2) is 74.8 Å². The Morgan fingerprint density at radius 3 is 2.43 bits per heavy atom. The number of halogens is 4. The highest BCUT2D eigenvalue weighted by Crippen LogP contribution is 2.22. The summed E-state index contributed by atoms with van der Waals surface area (Å²) in [5, 5.41) is 6.68. The summed E-state index contributed by atoms with van der Waals surface area (Å²) in [5.74, 6) is 0.885. The molecule has 0 aromatic heterocycles. The van der Waals surface area contributed by atoms with E-state index in [0.717, 1.165) is 19.5 Å². The van der Waals surface area contributed by atoms with Crippen LogP contribution in [0, 0.1) is 5.92 Å². The van der Waals surface area contributed by atoms with Crippen LogP contribution in [-0.2, 0) is 0 Å². The zero-order chi connectivity index (χ0) is 21.3.